The van der Waals surface area contributed by atoms with Crippen LogP contribution in [0.15, 0.2) is 97.2 Å². The van der Waals surface area contributed by atoms with Gasteiger partial charge in [0, 0.05) is 12.8 Å². The fourth-order valence-electron chi connectivity index (χ4n) is 9.28. The van der Waals surface area contributed by atoms with E-state index in [4.69, 9.17) is 13.8 Å². The Hall–Kier alpha value is -3.07. The van der Waals surface area contributed by atoms with Crippen molar-refractivity contribution >= 4 is 19.7 Å². The maximum atomic E-state index is 13.6. The van der Waals surface area contributed by atoms with Gasteiger partial charge in [0.2, 0.25) is 5.91 Å². The minimum absolute atomic E-state index is 0.0311. The number of hydrogen-bond donors (Lipinski definition) is 1. The van der Waals surface area contributed by atoms with Gasteiger partial charge >= 0.3 is 5.97 Å². The Balaban J connectivity index is 5.17. The number of nitrogens with one attached hydrogen (secondary N) is 1. The smallest absolute Gasteiger partial charge is 0.306 e. The number of rotatable bonds is 60. The Kier molecular flexibility index (Phi) is 57.8. The Labute approximate surface area is 500 Å². The zero-order valence-electron chi connectivity index (χ0n) is 53.5. The molecule has 0 spiro atoms. The fraction of sp³-hybridized carbons (Fsp3) is 0.746. The maximum absolute atomic E-state index is 13.6. The summed E-state index contributed by atoms with van der Waals surface area (Å²) >= 11 is 0. The van der Waals surface area contributed by atoms with Gasteiger partial charge in [-0.05, 0) is 115 Å². The van der Waals surface area contributed by atoms with Crippen molar-refractivity contribution in [2.45, 2.75) is 303 Å². The Bertz CT molecular complexity index is 1710. The number of hydrogen-bond acceptors (Lipinski definition) is 7. The number of phosphoric ester groups is 1. The van der Waals surface area contributed by atoms with Crippen LogP contribution in [0.1, 0.15) is 290 Å². The van der Waals surface area contributed by atoms with E-state index >= 15 is 0 Å². The van der Waals surface area contributed by atoms with Gasteiger partial charge in [-0.15, -0.1) is 0 Å². The van der Waals surface area contributed by atoms with Crippen LogP contribution in [0.25, 0.3) is 0 Å². The molecular formula is C71H127N2O7P. The number of allylic oxidation sites excluding steroid dienone is 15. The molecule has 0 aromatic rings. The Morgan fingerprint density at radius 2 is 0.753 bits per heavy atom. The molecule has 0 heterocycles. The molecule has 1 N–H and O–H groups in total. The van der Waals surface area contributed by atoms with E-state index in [2.05, 4.69) is 111 Å². The highest BCUT2D eigenvalue weighted by atomic mass is 31.2. The fourth-order valence-corrected chi connectivity index (χ4v) is 10.0. The summed E-state index contributed by atoms with van der Waals surface area (Å²) in [6.45, 7) is 6.77. The SMILES string of the molecule is CCCCC/C=C\C/C=C\C/C=C\C/C=C\CCCCCCCC(=O)NC(COP(=O)([O-])OCC[N+](C)(C)C)C(/C=C/CCCCCCCCCCC)OC(=O)CCCCCCCCCCCC/C=C\C/C=C\C/C=C\CCCCC. The molecule has 0 aliphatic heterocycles. The number of esters is 1. The monoisotopic (exact) mass is 1150 g/mol. The lowest BCUT2D eigenvalue weighted by molar-refractivity contribution is -0.870. The van der Waals surface area contributed by atoms with Gasteiger partial charge in [0.1, 0.15) is 19.3 Å². The third-order valence-corrected chi connectivity index (χ3v) is 15.5. The van der Waals surface area contributed by atoms with Crippen LogP contribution in [0.2, 0.25) is 0 Å². The highest BCUT2D eigenvalue weighted by Gasteiger charge is 2.27. The second-order valence-corrected chi connectivity index (χ2v) is 25.0. The van der Waals surface area contributed by atoms with Gasteiger partial charge in [0.15, 0.2) is 0 Å². The summed E-state index contributed by atoms with van der Waals surface area (Å²) in [5.41, 5.74) is 0. The van der Waals surface area contributed by atoms with E-state index in [1.165, 1.54) is 135 Å². The summed E-state index contributed by atoms with van der Waals surface area (Å²) in [6.07, 6.45) is 80.9. The first-order valence-electron chi connectivity index (χ1n) is 33.5. The predicted molar refractivity (Wildman–Crippen MR) is 348 cm³/mol. The molecule has 9 nitrogen and oxygen atoms in total. The van der Waals surface area contributed by atoms with E-state index in [9.17, 15) is 19.0 Å². The number of nitrogens with zero attached hydrogens (tertiary/aromatic N) is 1. The van der Waals surface area contributed by atoms with E-state index in [0.717, 1.165) is 116 Å². The van der Waals surface area contributed by atoms with Crippen LogP contribution >= 0.6 is 7.82 Å². The van der Waals surface area contributed by atoms with Gasteiger partial charge in [-0.3, -0.25) is 14.2 Å². The zero-order chi connectivity index (χ0) is 59.3. The Morgan fingerprint density at radius 1 is 0.432 bits per heavy atom. The van der Waals surface area contributed by atoms with Gasteiger partial charge in [-0.1, -0.05) is 260 Å². The van der Waals surface area contributed by atoms with Crippen molar-refractivity contribution in [1.82, 2.24) is 5.32 Å². The van der Waals surface area contributed by atoms with E-state index in [1.807, 2.05) is 33.3 Å². The average molecular weight is 1150 g/mol. The van der Waals surface area contributed by atoms with Crippen LogP contribution < -0.4 is 10.2 Å². The van der Waals surface area contributed by atoms with Gasteiger partial charge in [0.05, 0.1) is 33.8 Å². The first kappa shape index (κ1) is 77.9. The van der Waals surface area contributed by atoms with Crippen LogP contribution in [-0.4, -0.2) is 69.4 Å². The molecule has 0 saturated heterocycles. The van der Waals surface area contributed by atoms with E-state index in [1.54, 1.807) is 0 Å². The number of carbonyl (C=O) groups is 2. The maximum Gasteiger partial charge on any atom is 0.306 e. The summed E-state index contributed by atoms with van der Waals surface area (Å²) in [4.78, 5) is 40.1. The largest absolute Gasteiger partial charge is 0.756 e. The van der Waals surface area contributed by atoms with Crippen molar-refractivity contribution < 1.29 is 37.3 Å². The number of quaternary nitrogens is 1. The van der Waals surface area contributed by atoms with Crippen molar-refractivity contribution in [2.24, 2.45) is 0 Å². The molecule has 3 atom stereocenters. The van der Waals surface area contributed by atoms with Crippen LogP contribution in [0.4, 0.5) is 0 Å². The number of phosphoric acid groups is 1. The van der Waals surface area contributed by atoms with Crippen molar-refractivity contribution in [3.05, 3.63) is 97.2 Å². The summed E-state index contributed by atoms with van der Waals surface area (Å²) in [7, 11) is 1.16. The molecule has 468 valence electrons. The minimum Gasteiger partial charge on any atom is -0.756 e. The first-order chi connectivity index (χ1) is 39.4. The minimum atomic E-state index is -4.71. The van der Waals surface area contributed by atoms with Crippen LogP contribution in [0.5, 0.6) is 0 Å². The standard InChI is InChI=1S/C71H127N2O7P/c1-7-10-13-16-19-22-25-27-29-31-33-35-36-38-40-42-44-46-49-52-55-58-61-64-71(75)80-69(62-59-56-53-50-47-24-21-18-15-12-9-3)68(67-79-81(76,77)78-66-65-73(4,5)6)72-70(74)63-60-57-54-51-48-45-43-41-39-37-34-32-30-28-26-23-20-17-14-11-8-2/h19-20,22-23,27-30,33-35,37,41,43,59,62,68-69H,7-18,21,24-26,31-32,36,38-40,42,44-58,60-61,63-67H2,1-6H3,(H-,72,74,76,77)/b22-19-,23-20-,29-27-,30-28-,35-33-,37-34-,43-41-,62-59+. The predicted octanol–water partition coefficient (Wildman–Crippen LogP) is 20.5. The Morgan fingerprint density at radius 3 is 1.15 bits per heavy atom. The van der Waals surface area contributed by atoms with Gasteiger partial charge < -0.3 is 28.5 Å². The highest BCUT2D eigenvalue weighted by Crippen LogP contribution is 2.38. The summed E-state index contributed by atoms with van der Waals surface area (Å²) in [5.74, 6) is -0.567. The second-order valence-electron chi connectivity index (χ2n) is 23.6. The average Bonchev–Trinajstić information content (AvgIpc) is 3.44. The molecule has 1 amide bonds. The molecule has 81 heavy (non-hydrogen) atoms. The molecule has 0 aliphatic carbocycles. The molecule has 0 fully saturated rings. The molecule has 3 unspecified atom stereocenters. The number of amides is 1. The quantitative estimate of drug-likeness (QED) is 0.0212. The molecule has 0 rings (SSSR count). The molecular weight excluding hydrogens is 1020 g/mol. The topological polar surface area (TPSA) is 114 Å². The lowest BCUT2D eigenvalue weighted by atomic mass is 10.0. The van der Waals surface area contributed by atoms with Crippen molar-refractivity contribution in [1.29, 1.82) is 0 Å². The van der Waals surface area contributed by atoms with Crippen molar-refractivity contribution in [3.8, 4) is 0 Å². The van der Waals surface area contributed by atoms with Crippen LogP contribution in [0.3, 0.4) is 0 Å². The molecule has 10 heteroatoms. The molecule has 0 aliphatic rings. The van der Waals surface area contributed by atoms with Crippen molar-refractivity contribution in [3.63, 3.8) is 0 Å². The van der Waals surface area contributed by atoms with Crippen LogP contribution in [-0.2, 0) is 27.9 Å². The number of unbranched alkanes of at least 4 members (excludes halogenated alkanes) is 30. The summed E-state index contributed by atoms with van der Waals surface area (Å²) < 4.78 is 30.4. The third kappa shape index (κ3) is 61.3. The second kappa shape index (κ2) is 60.1. The molecule has 0 aromatic carbocycles. The van der Waals surface area contributed by atoms with Gasteiger partial charge in [0.25, 0.3) is 7.82 Å². The van der Waals surface area contributed by atoms with E-state index < -0.39 is 26.6 Å². The third-order valence-electron chi connectivity index (χ3n) is 14.5. The lowest BCUT2D eigenvalue weighted by Gasteiger charge is -2.30. The molecule has 0 bridgehead atoms. The van der Waals surface area contributed by atoms with E-state index in [0.29, 0.717) is 23.9 Å². The number of ether oxygens (including phenoxy) is 1. The molecule has 0 radical (unpaired) electrons. The molecule has 0 aromatic heterocycles. The lowest BCUT2D eigenvalue weighted by Crippen LogP contribution is -2.47. The number of likely N-dealkylation sites (N-methyl/N-ethyl adjacent to an activating group) is 1. The zero-order valence-corrected chi connectivity index (χ0v) is 54.4. The summed E-state index contributed by atoms with van der Waals surface area (Å²) in [6, 6.07) is -0.906. The highest BCUT2D eigenvalue weighted by molar-refractivity contribution is 7.45. The first-order valence-corrected chi connectivity index (χ1v) is 35.0. The number of carbonyl (C=O) groups excluding carboxylic acids is 2. The summed E-state index contributed by atoms with van der Waals surface area (Å²) in [5, 5.41) is 3.02. The molecule has 0 saturated carbocycles. The van der Waals surface area contributed by atoms with Gasteiger partial charge in [-0.25, -0.2) is 0 Å². The van der Waals surface area contributed by atoms with E-state index in [-0.39, 0.29) is 24.9 Å². The van der Waals surface area contributed by atoms with Gasteiger partial charge in [-0.2, -0.15) is 0 Å². The van der Waals surface area contributed by atoms with Crippen molar-refractivity contribution in [2.75, 3.05) is 40.9 Å². The normalized spacial score (nSPS) is 14.2. The van der Waals surface area contributed by atoms with Crippen LogP contribution in [0, 0.1) is 0 Å².